The van der Waals surface area contributed by atoms with E-state index in [2.05, 4.69) is 20.6 Å². The van der Waals surface area contributed by atoms with E-state index < -0.39 is 5.91 Å². The molecule has 2 aromatic heterocycles. The second kappa shape index (κ2) is 9.26. The third kappa shape index (κ3) is 4.29. The second-order valence-corrected chi connectivity index (χ2v) is 7.77. The summed E-state index contributed by atoms with van der Waals surface area (Å²) in [5.41, 5.74) is 10.3. The number of aryl methyl sites for hydroxylation is 2. The van der Waals surface area contributed by atoms with E-state index in [1.54, 1.807) is 33.3 Å². The summed E-state index contributed by atoms with van der Waals surface area (Å²) in [4.78, 5) is 17.4. The van der Waals surface area contributed by atoms with Gasteiger partial charge in [-0.15, -0.1) is 5.10 Å². The molecule has 0 saturated heterocycles. The lowest BCUT2D eigenvalue weighted by atomic mass is 10.1. The zero-order chi connectivity index (χ0) is 24.4. The lowest BCUT2D eigenvalue weighted by molar-refractivity contribution is 0.102. The molecule has 0 aliphatic heterocycles. The van der Waals surface area contributed by atoms with Gasteiger partial charge < -0.3 is 24.9 Å². The van der Waals surface area contributed by atoms with E-state index in [0.29, 0.717) is 34.5 Å². The maximum Gasteiger partial charge on any atom is 0.280 e. The SMILES string of the molecule is COc1ccc(-c2nc(Cn3nnc(C(=O)Nc4cccc(C)c4C)c3N)c(C)o2)cc1OC. The summed E-state index contributed by atoms with van der Waals surface area (Å²) < 4.78 is 17.9. The lowest BCUT2D eigenvalue weighted by Gasteiger charge is -2.09. The summed E-state index contributed by atoms with van der Waals surface area (Å²) in [6.45, 7) is 5.91. The molecule has 0 unspecified atom stereocenters. The molecule has 0 bridgehead atoms. The third-order valence-electron chi connectivity index (χ3n) is 5.66. The van der Waals surface area contributed by atoms with Crippen LogP contribution in [0.4, 0.5) is 11.5 Å². The minimum atomic E-state index is -0.430. The van der Waals surface area contributed by atoms with Crippen molar-refractivity contribution >= 4 is 17.4 Å². The molecule has 0 radical (unpaired) electrons. The molecule has 0 saturated carbocycles. The number of methoxy groups -OCH3 is 2. The highest BCUT2D eigenvalue weighted by molar-refractivity contribution is 6.06. The zero-order valence-corrected chi connectivity index (χ0v) is 19.7. The first-order chi connectivity index (χ1) is 16.3. The van der Waals surface area contributed by atoms with Crippen molar-refractivity contribution in [2.75, 3.05) is 25.3 Å². The minimum Gasteiger partial charge on any atom is -0.493 e. The average molecular weight is 463 g/mol. The van der Waals surface area contributed by atoms with Gasteiger partial charge >= 0.3 is 0 Å². The molecule has 10 heteroatoms. The maximum atomic E-state index is 12.8. The highest BCUT2D eigenvalue weighted by atomic mass is 16.5. The molecular weight excluding hydrogens is 436 g/mol. The smallest absolute Gasteiger partial charge is 0.280 e. The van der Waals surface area contributed by atoms with Gasteiger partial charge in [-0.25, -0.2) is 9.67 Å². The lowest BCUT2D eigenvalue weighted by Crippen LogP contribution is -2.16. The van der Waals surface area contributed by atoms with Crippen molar-refractivity contribution in [3.8, 4) is 23.0 Å². The van der Waals surface area contributed by atoms with Gasteiger partial charge in [0.25, 0.3) is 5.91 Å². The molecule has 10 nitrogen and oxygen atoms in total. The van der Waals surface area contributed by atoms with Crippen LogP contribution in [0, 0.1) is 20.8 Å². The fraction of sp³-hybridized carbons (Fsp3) is 0.250. The maximum absolute atomic E-state index is 12.8. The molecule has 3 N–H and O–H groups in total. The number of nitrogens with two attached hydrogens (primary N) is 1. The van der Waals surface area contributed by atoms with Crippen LogP contribution in [0.1, 0.15) is 33.1 Å². The van der Waals surface area contributed by atoms with Crippen LogP contribution in [0.3, 0.4) is 0 Å². The molecule has 34 heavy (non-hydrogen) atoms. The molecule has 0 aliphatic carbocycles. The number of aromatic nitrogens is 4. The summed E-state index contributed by atoms with van der Waals surface area (Å²) >= 11 is 0. The Hall–Kier alpha value is -4.34. The first kappa shape index (κ1) is 22.8. The van der Waals surface area contributed by atoms with Gasteiger partial charge in [0.05, 0.1) is 20.8 Å². The van der Waals surface area contributed by atoms with E-state index >= 15 is 0 Å². The highest BCUT2D eigenvalue weighted by Gasteiger charge is 2.21. The largest absolute Gasteiger partial charge is 0.493 e. The number of anilines is 2. The Kier molecular flexibility index (Phi) is 6.22. The Balaban J connectivity index is 1.55. The summed E-state index contributed by atoms with van der Waals surface area (Å²) in [6.07, 6.45) is 0. The normalized spacial score (nSPS) is 10.9. The van der Waals surface area contributed by atoms with Crippen molar-refractivity contribution in [2.45, 2.75) is 27.3 Å². The van der Waals surface area contributed by atoms with Crippen LogP contribution in [0.2, 0.25) is 0 Å². The van der Waals surface area contributed by atoms with Gasteiger partial charge in [0, 0.05) is 11.3 Å². The molecular formula is C24H26N6O4. The van der Waals surface area contributed by atoms with Crippen LogP contribution in [-0.2, 0) is 6.54 Å². The van der Waals surface area contributed by atoms with E-state index in [-0.39, 0.29) is 18.1 Å². The molecule has 176 valence electrons. The van der Waals surface area contributed by atoms with Crippen molar-refractivity contribution in [1.29, 1.82) is 0 Å². The predicted octanol–water partition coefficient (Wildman–Crippen LogP) is 3.76. The number of nitrogen functional groups attached to an aromatic ring is 1. The van der Waals surface area contributed by atoms with Crippen LogP contribution >= 0.6 is 0 Å². The van der Waals surface area contributed by atoms with Gasteiger partial charge in [-0.3, -0.25) is 4.79 Å². The Morgan fingerprint density at radius 2 is 1.88 bits per heavy atom. The number of carbonyl (C=O) groups excluding carboxylic acids is 1. The Morgan fingerprint density at radius 3 is 2.62 bits per heavy atom. The van der Waals surface area contributed by atoms with Crippen LogP contribution < -0.4 is 20.5 Å². The number of benzene rings is 2. The number of carbonyl (C=O) groups is 1. The van der Waals surface area contributed by atoms with Crippen LogP contribution in [-0.4, -0.2) is 40.1 Å². The number of nitrogens with one attached hydrogen (secondary N) is 1. The standard InChI is InChI=1S/C24H26N6O4/c1-13-7-6-8-17(14(13)2)26-23(31)21-22(25)30(29-28-21)12-18-15(3)34-24(27-18)16-9-10-19(32-4)20(11-16)33-5/h6-11H,12,25H2,1-5H3,(H,26,31). The fourth-order valence-electron chi connectivity index (χ4n) is 3.48. The first-order valence-corrected chi connectivity index (χ1v) is 10.6. The van der Waals surface area contributed by atoms with Crippen LogP contribution in [0.5, 0.6) is 11.5 Å². The van der Waals surface area contributed by atoms with Gasteiger partial charge in [0.15, 0.2) is 23.0 Å². The Bertz CT molecular complexity index is 1360. The monoisotopic (exact) mass is 462 g/mol. The Labute approximate surface area is 196 Å². The predicted molar refractivity (Wildman–Crippen MR) is 127 cm³/mol. The molecule has 2 heterocycles. The van der Waals surface area contributed by atoms with Crippen molar-refractivity contribution in [3.63, 3.8) is 0 Å². The molecule has 0 aliphatic rings. The Morgan fingerprint density at radius 1 is 1.12 bits per heavy atom. The molecule has 0 spiro atoms. The highest BCUT2D eigenvalue weighted by Crippen LogP contribution is 2.32. The van der Waals surface area contributed by atoms with Crippen molar-refractivity contribution < 1.29 is 18.7 Å². The second-order valence-electron chi connectivity index (χ2n) is 7.77. The first-order valence-electron chi connectivity index (χ1n) is 10.6. The van der Waals surface area contributed by atoms with Crippen molar-refractivity contribution in [1.82, 2.24) is 20.0 Å². The fourth-order valence-corrected chi connectivity index (χ4v) is 3.48. The topological polar surface area (TPSA) is 130 Å². The van der Waals surface area contributed by atoms with E-state index in [4.69, 9.17) is 19.6 Å². The van der Waals surface area contributed by atoms with Crippen molar-refractivity contribution in [2.24, 2.45) is 0 Å². The molecule has 4 rings (SSSR count). The number of hydrogen-bond donors (Lipinski definition) is 2. The summed E-state index contributed by atoms with van der Waals surface area (Å²) in [6, 6.07) is 11.1. The third-order valence-corrected chi connectivity index (χ3v) is 5.66. The number of oxazole rings is 1. The quantitative estimate of drug-likeness (QED) is 0.425. The molecule has 0 atom stereocenters. The van der Waals surface area contributed by atoms with Gasteiger partial charge in [0.2, 0.25) is 5.89 Å². The van der Waals surface area contributed by atoms with Crippen LogP contribution in [0.15, 0.2) is 40.8 Å². The summed E-state index contributed by atoms with van der Waals surface area (Å²) in [5, 5.41) is 10.9. The van der Waals surface area contributed by atoms with Gasteiger partial charge in [-0.2, -0.15) is 0 Å². The van der Waals surface area contributed by atoms with Gasteiger partial charge in [-0.05, 0) is 56.2 Å². The molecule has 1 amide bonds. The number of hydrogen-bond acceptors (Lipinski definition) is 8. The van der Waals surface area contributed by atoms with E-state index in [0.717, 1.165) is 16.7 Å². The number of nitrogens with zero attached hydrogens (tertiary/aromatic N) is 4. The summed E-state index contributed by atoms with van der Waals surface area (Å²) in [5.74, 6) is 1.90. The van der Waals surface area contributed by atoms with E-state index in [9.17, 15) is 4.79 Å². The van der Waals surface area contributed by atoms with E-state index in [1.807, 2.05) is 38.1 Å². The van der Waals surface area contributed by atoms with Gasteiger partial charge in [0.1, 0.15) is 11.5 Å². The number of rotatable bonds is 7. The van der Waals surface area contributed by atoms with Gasteiger partial charge in [-0.1, -0.05) is 17.3 Å². The average Bonchev–Trinajstić information content (AvgIpc) is 3.38. The van der Waals surface area contributed by atoms with Crippen molar-refractivity contribution in [3.05, 3.63) is 64.7 Å². The number of ether oxygens (including phenoxy) is 2. The summed E-state index contributed by atoms with van der Waals surface area (Å²) in [7, 11) is 3.14. The number of amides is 1. The molecule has 0 fully saturated rings. The minimum absolute atomic E-state index is 0.0437. The molecule has 2 aromatic carbocycles. The van der Waals surface area contributed by atoms with Crippen LogP contribution in [0.25, 0.3) is 11.5 Å². The zero-order valence-electron chi connectivity index (χ0n) is 19.7. The van der Waals surface area contributed by atoms with E-state index in [1.165, 1.54) is 4.68 Å². The molecule has 4 aromatic rings.